The van der Waals surface area contributed by atoms with Gasteiger partial charge in [-0.2, -0.15) is 18.4 Å². The van der Waals surface area contributed by atoms with Crippen molar-refractivity contribution in [1.29, 1.82) is 0 Å². The smallest absolute Gasteiger partial charge is 0.264 e. The summed E-state index contributed by atoms with van der Waals surface area (Å²) in [5.41, 5.74) is 0.393. The van der Waals surface area contributed by atoms with E-state index >= 15 is 0 Å². The van der Waals surface area contributed by atoms with E-state index in [1.807, 2.05) is 0 Å². The summed E-state index contributed by atoms with van der Waals surface area (Å²) in [7, 11) is -2.55. The number of amides is 1. The van der Waals surface area contributed by atoms with Crippen molar-refractivity contribution in [3.05, 3.63) is 5.82 Å². The number of anilines is 1. The number of hydrogen-bond acceptors (Lipinski definition) is 11. The molecule has 1 aliphatic heterocycles. The molecule has 0 aliphatic carbocycles. The zero-order valence-electron chi connectivity index (χ0n) is 15.1. The second-order valence-electron chi connectivity index (χ2n) is 6.09. The van der Waals surface area contributed by atoms with Gasteiger partial charge in [-0.3, -0.25) is 14.3 Å². The number of ether oxygens (including phenoxy) is 2. The number of aliphatic hydroxyl groups is 2. The molecule has 1 fully saturated rings. The van der Waals surface area contributed by atoms with Gasteiger partial charge in [0.2, 0.25) is 17.7 Å². The Kier molecular flexibility index (Phi) is 5.49. The molecule has 4 atom stereocenters. The van der Waals surface area contributed by atoms with Crippen molar-refractivity contribution < 1.29 is 37.1 Å². The summed E-state index contributed by atoms with van der Waals surface area (Å²) in [6, 6.07) is 0. The lowest BCUT2D eigenvalue weighted by atomic mass is 10.1. The first kappa shape index (κ1) is 20.3. The third-order valence-electron chi connectivity index (χ3n) is 3.89. The van der Waals surface area contributed by atoms with Crippen molar-refractivity contribution in [1.82, 2.24) is 19.9 Å². The summed E-state index contributed by atoms with van der Waals surface area (Å²) >= 11 is 0. The number of fused-ring (bicyclic) bond motifs is 1. The highest BCUT2D eigenvalue weighted by Crippen LogP contribution is 2.36. The summed E-state index contributed by atoms with van der Waals surface area (Å²) in [6.07, 6.45) is -4.16. The van der Waals surface area contributed by atoms with Gasteiger partial charge in [0, 0.05) is 6.92 Å². The molecule has 154 valence electrons. The number of aliphatic hydroxyl groups excluding tert-OH is 2. The molecular formula is C14H19N5O8S. The fourth-order valence-corrected chi connectivity index (χ4v) is 3.46. The van der Waals surface area contributed by atoms with Gasteiger partial charge in [-0.25, -0.2) is 4.98 Å². The van der Waals surface area contributed by atoms with Crippen LogP contribution >= 0.6 is 0 Å². The van der Waals surface area contributed by atoms with Gasteiger partial charge in [-0.1, -0.05) is 0 Å². The molecule has 0 bridgehead atoms. The van der Waals surface area contributed by atoms with E-state index < -0.39 is 47.0 Å². The highest BCUT2D eigenvalue weighted by atomic mass is 32.2. The number of nitrogens with zero attached hydrogens (tertiary/aromatic N) is 3. The SMILES string of the molecule is COc1nc(NC(C)=O)nc2nc([C@@H]3O[C@H](CO)[C@H](OS(C)(=O)=O)[C@H]3O)[nH]c12. The van der Waals surface area contributed by atoms with Crippen molar-refractivity contribution in [2.75, 3.05) is 25.3 Å². The van der Waals surface area contributed by atoms with Crippen LogP contribution in [0.25, 0.3) is 11.2 Å². The summed E-state index contributed by atoms with van der Waals surface area (Å²) in [5.74, 6) is -0.247. The maximum absolute atomic E-state index is 11.4. The fourth-order valence-electron chi connectivity index (χ4n) is 2.82. The predicted molar refractivity (Wildman–Crippen MR) is 93.0 cm³/mol. The molecule has 0 saturated carbocycles. The number of hydrogen-bond donors (Lipinski definition) is 4. The Balaban J connectivity index is 1.98. The van der Waals surface area contributed by atoms with Crippen LogP contribution in [-0.4, -0.2) is 82.8 Å². The minimum Gasteiger partial charge on any atom is -0.479 e. The van der Waals surface area contributed by atoms with Crippen molar-refractivity contribution in [3.63, 3.8) is 0 Å². The van der Waals surface area contributed by atoms with Gasteiger partial charge >= 0.3 is 0 Å². The second kappa shape index (κ2) is 7.56. The van der Waals surface area contributed by atoms with Crippen molar-refractivity contribution in [3.8, 4) is 5.88 Å². The quantitative estimate of drug-likeness (QED) is 0.399. The normalized spacial score (nSPS) is 25.2. The number of H-pyrrole nitrogens is 1. The Bertz CT molecular complexity index is 993. The van der Waals surface area contributed by atoms with Gasteiger partial charge in [0.25, 0.3) is 10.1 Å². The van der Waals surface area contributed by atoms with Crippen LogP contribution in [0.15, 0.2) is 0 Å². The maximum Gasteiger partial charge on any atom is 0.264 e. The van der Waals surface area contributed by atoms with Crippen molar-refractivity contribution in [2.45, 2.75) is 31.3 Å². The number of methoxy groups -OCH3 is 1. The second-order valence-corrected chi connectivity index (χ2v) is 7.69. The first-order valence-electron chi connectivity index (χ1n) is 8.04. The molecule has 1 aliphatic rings. The summed E-state index contributed by atoms with van der Waals surface area (Å²) in [6.45, 7) is 0.708. The lowest BCUT2D eigenvalue weighted by Crippen LogP contribution is -2.37. The highest BCUT2D eigenvalue weighted by Gasteiger charge is 2.48. The van der Waals surface area contributed by atoms with Crippen LogP contribution in [-0.2, 0) is 23.8 Å². The Morgan fingerprint density at radius 2 is 2.07 bits per heavy atom. The molecule has 1 amide bonds. The lowest BCUT2D eigenvalue weighted by Gasteiger charge is -2.17. The van der Waals surface area contributed by atoms with E-state index in [-0.39, 0.29) is 28.8 Å². The van der Waals surface area contributed by atoms with Crippen LogP contribution in [0.3, 0.4) is 0 Å². The first-order chi connectivity index (χ1) is 13.1. The third-order valence-corrected chi connectivity index (χ3v) is 4.46. The summed E-state index contributed by atoms with van der Waals surface area (Å²) < 4.78 is 38.4. The van der Waals surface area contributed by atoms with Crippen molar-refractivity contribution >= 4 is 33.1 Å². The average molecular weight is 417 g/mol. The number of imidazole rings is 1. The number of nitrogens with one attached hydrogen (secondary N) is 2. The number of aromatic amines is 1. The Hall–Kier alpha value is -2.39. The van der Waals surface area contributed by atoms with Gasteiger partial charge in [0.1, 0.15) is 35.8 Å². The molecule has 0 spiro atoms. The minimum atomic E-state index is -3.91. The van der Waals surface area contributed by atoms with E-state index in [1.54, 1.807) is 0 Å². The molecular weight excluding hydrogens is 398 g/mol. The maximum atomic E-state index is 11.4. The number of carbonyl (C=O) groups is 1. The Morgan fingerprint density at radius 1 is 1.36 bits per heavy atom. The van der Waals surface area contributed by atoms with Gasteiger partial charge in [0.05, 0.1) is 20.0 Å². The Morgan fingerprint density at radius 3 is 2.64 bits per heavy atom. The minimum absolute atomic E-state index is 0.0330. The van der Waals surface area contributed by atoms with E-state index in [0.29, 0.717) is 0 Å². The monoisotopic (exact) mass is 417 g/mol. The molecule has 1 saturated heterocycles. The molecule has 4 N–H and O–H groups in total. The van der Waals surface area contributed by atoms with Gasteiger partial charge in [0.15, 0.2) is 5.65 Å². The van der Waals surface area contributed by atoms with E-state index in [1.165, 1.54) is 14.0 Å². The van der Waals surface area contributed by atoms with E-state index in [0.717, 1.165) is 6.26 Å². The van der Waals surface area contributed by atoms with Crippen LogP contribution in [0.1, 0.15) is 18.9 Å². The van der Waals surface area contributed by atoms with E-state index in [9.17, 15) is 23.4 Å². The van der Waals surface area contributed by atoms with Gasteiger partial charge in [-0.15, -0.1) is 0 Å². The molecule has 13 nitrogen and oxygen atoms in total. The highest BCUT2D eigenvalue weighted by molar-refractivity contribution is 7.86. The molecule has 0 unspecified atom stereocenters. The summed E-state index contributed by atoms with van der Waals surface area (Å²) in [4.78, 5) is 26.4. The van der Waals surface area contributed by atoms with Crippen LogP contribution in [0.5, 0.6) is 5.88 Å². The van der Waals surface area contributed by atoms with E-state index in [4.69, 9.17) is 13.7 Å². The van der Waals surface area contributed by atoms with E-state index in [2.05, 4.69) is 25.3 Å². The standard InChI is InChI=1S/C14H19N5O8S/c1-5(21)15-14-18-11-7(13(19-14)25-2)16-12(17-11)10-8(22)9(6(4-20)26-10)27-28(3,23)24/h6,8-10,20,22H,4H2,1-3H3,(H2,15,16,17,18,19,21)/t6-,8-,9+,10-/m1/s1. The van der Waals surface area contributed by atoms with Crippen LogP contribution < -0.4 is 10.1 Å². The van der Waals surface area contributed by atoms with Gasteiger partial charge < -0.3 is 24.7 Å². The fraction of sp³-hybridized carbons (Fsp3) is 0.571. The molecule has 14 heteroatoms. The molecule has 3 rings (SSSR count). The number of aromatic nitrogens is 4. The predicted octanol–water partition coefficient (Wildman–Crippen LogP) is -1.54. The van der Waals surface area contributed by atoms with Crippen LogP contribution in [0, 0.1) is 0 Å². The molecule has 28 heavy (non-hydrogen) atoms. The molecule has 0 radical (unpaired) electrons. The molecule has 3 heterocycles. The van der Waals surface area contributed by atoms with Crippen LogP contribution in [0.4, 0.5) is 5.95 Å². The van der Waals surface area contributed by atoms with Gasteiger partial charge in [-0.05, 0) is 0 Å². The van der Waals surface area contributed by atoms with Crippen LogP contribution in [0.2, 0.25) is 0 Å². The third kappa shape index (κ3) is 4.05. The lowest BCUT2D eigenvalue weighted by molar-refractivity contribution is -0.114. The molecule has 0 aromatic carbocycles. The zero-order chi connectivity index (χ0) is 20.6. The average Bonchev–Trinajstić information content (AvgIpc) is 3.14. The first-order valence-corrected chi connectivity index (χ1v) is 9.86. The zero-order valence-corrected chi connectivity index (χ0v) is 15.9. The molecule has 2 aromatic heterocycles. The number of rotatable bonds is 6. The largest absolute Gasteiger partial charge is 0.479 e. The summed E-state index contributed by atoms with van der Waals surface area (Å²) in [5, 5.41) is 22.3. The molecule has 2 aromatic rings. The Labute approximate surface area is 159 Å². The topological polar surface area (TPSA) is 186 Å². The number of carbonyl (C=O) groups excluding carboxylic acids is 1. The van der Waals surface area contributed by atoms with Crippen molar-refractivity contribution in [2.24, 2.45) is 0 Å².